The Morgan fingerprint density at radius 3 is 2.57 bits per heavy atom. The van der Waals surface area contributed by atoms with E-state index in [4.69, 9.17) is 0 Å². The lowest BCUT2D eigenvalue weighted by Gasteiger charge is -2.24. The van der Waals surface area contributed by atoms with Gasteiger partial charge in [-0.15, -0.1) is 0 Å². The molecule has 0 saturated heterocycles. The van der Waals surface area contributed by atoms with Gasteiger partial charge in [-0.3, -0.25) is 10.1 Å². The maximum atomic E-state index is 13.3. The van der Waals surface area contributed by atoms with Crippen LogP contribution in [0.2, 0.25) is 0 Å². The summed E-state index contributed by atoms with van der Waals surface area (Å²) in [6.45, 7) is 5.39. The number of nitro groups is 1. The van der Waals surface area contributed by atoms with E-state index in [1.165, 1.54) is 12.1 Å². The molecule has 5 nitrogen and oxygen atoms in total. The van der Waals surface area contributed by atoms with Crippen molar-refractivity contribution in [1.82, 2.24) is 10.2 Å². The minimum atomic E-state index is -0.472. The third kappa shape index (κ3) is 6.18. The van der Waals surface area contributed by atoms with Crippen LogP contribution >= 0.6 is 0 Å². The molecule has 1 atom stereocenters. The largest absolute Gasteiger partial charge is 0.308 e. The van der Waals surface area contributed by atoms with Gasteiger partial charge < -0.3 is 10.2 Å². The van der Waals surface area contributed by atoms with E-state index in [0.29, 0.717) is 18.0 Å². The van der Waals surface area contributed by atoms with E-state index in [1.807, 2.05) is 14.1 Å². The number of nitrogens with zero attached hydrogens (tertiary/aromatic N) is 2. The van der Waals surface area contributed by atoms with Crippen molar-refractivity contribution in [3.05, 3.63) is 39.7 Å². The van der Waals surface area contributed by atoms with E-state index in [-0.39, 0.29) is 11.7 Å². The number of benzene rings is 1. The molecule has 118 valence electrons. The Labute approximate surface area is 125 Å². The fraction of sp³-hybridized carbons (Fsp3) is 0.600. The molecular weight excluding hydrogens is 273 g/mol. The highest BCUT2D eigenvalue weighted by Gasteiger charge is 2.17. The summed E-state index contributed by atoms with van der Waals surface area (Å²) < 4.78 is 13.3. The molecule has 6 heteroatoms. The SMILES string of the molecule is CC(C)CC(CN(C)C)NCc1cc(F)ccc1[N+](=O)[O-]. The molecule has 0 saturated carbocycles. The second-order valence-electron chi connectivity index (χ2n) is 6.00. The first-order chi connectivity index (χ1) is 9.79. The molecule has 1 aromatic rings. The van der Waals surface area contributed by atoms with Crippen LogP contribution in [0.4, 0.5) is 10.1 Å². The molecule has 0 aromatic heterocycles. The molecule has 0 aliphatic heterocycles. The van der Waals surface area contributed by atoms with E-state index in [9.17, 15) is 14.5 Å². The van der Waals surface area contributed by atoms with Gasteiger partial charge in [0, 0.05) is 30.8 Å². The minimum Gasteiger partial charge on any atom is -0.308 e. The first-order valence-corrected chi connectivity index (χ1v) is 7.10. The normalized spacial score (nSPS) is 12.9. The zero-order valence-electron chi connectivity index (χ0n) is 13.1. The molecule has 0 aliphatic rings. The van der Waals surface area contributed by atoms with Crippen LogP contribution in [0, 0.1) is 21.8 Å². The Morgan fingerprint density at radius 1 is 1.38 bits per heavy atom. The number of hydrogen-bond donors (Lipinski definition) is 1. The first kappa shape index (κ1) is 17.5. The average molecular weight is 297 g/mol. The van der Waals surface area contributed by atoms with E-state index in [0.717, 1.165) is 19.0 Å². The van der Waals surface area contributed by atoms with Crippen LogP contribution in [0.3, 0.4) is 0 Å². The molecule has 0 heterocycles. The summed E-state index contributed by atoms with van der Waals surface area (Å²) in [5.74, 6) is 0.0652. The molecule has 0 radical (unpaired) electrons. The Hall–Kier alpha value is -1.53. The Balaban J connectivity index is 2.79. The molecule has 21 heavy (non-hydrogen) atoms. The van der Waals surface area contributed by atoms with Crippen LogP contribution in [-0.2, 0) is 6.54 Å². The van der Waals surface area contributed by atoms with Crippen molar-refractivity contribution in [3.8, 4) is 0 Å². The number of nitrogens with one attached hydrogen (secondary N) is 1. The second-order valence-corrected chi connectivity index (χ2v) is 6.00. The molecule has 0 aliphatic carbocycles. The lowest BCUT2D eigenvalue weighted by molar-refractivity contribution is -0.385. The summed E-state index contributed by atoms with van der Waals surface area (Å²) in [7, 11) is 3.97. The maximum Gasteiger partial charge on any atom is 0.274 e. The summed E-state index contributed by atoms with van der Waals surface area (Å²) in [6, 6.07) is 3.78. The summed E-state index contributed by atoms with van der Waals surface area (Å²) in [5.41, 5.74) is 0.338. The van der Waals surface area contributed by atoms with Crippen molar-refractivity contribution in [1.29, 1.82) is 0 Å². The molecule has 1 rings (SSSR count). The average Bonchev–Trinajstić information content (AvgIpc) is 2.34. The quantitative estimate of drug-likeness (QED) is 0.592. The fourth-order valence-electron chi connectivity index (χ4n) is 2.36. The predicted octanol–water partition coefficient (Wildman–Crippen LogP) is 2.80. The van der Waals surface area contributed by atoms with Gasteiger partial charge in [0.2, 0.25) is 0 Å². The topological polar surface area (TPSA) is 58.4 Å². The minimum absolute atomic E-state index is 0.0444. The summed E-state index contributed by atoms with van der Waals surface area (Å²) in [6.07, 6.45) is 0.960. The highest BCUT2D eigenvalue weighted by atomic mass is 19.1. The Kier molecular flexibility index (Phi) is 6.71. The van der Waals surface area contributed by atoms with Crippen LogP contribution < -0.4 is 5.32 Å². The molecular formula is C15H24FN3O2. The van der Waals surface area contributed by atoms with Crippen LogP contribution in [0.15, 0.2) is 18.2 Å². The van der Waals surface area contributed by atoms with Crippen molar-refractivity contribution in [3.63, 3.8) is 0 Å². The number of rotatable bonds is 8. The molecule has 1 unspecified atom stereocenters. The van der Waals surface area contributed by atoms with E-state index < -0.39 is 10.7 Å². The molecule has 1 N–H and O–H groups in total. The first-order valence-electron chi connectivity index (χ1n) is 7.10. The monoisotopic (exact) mass is 297 g/mol. The van der Waals surface area contributed by atoms with Gasteiger partial charge in [-0.05, 0) is 38.6 Å². The highest BCUT2D eigenvalue weighted by Crippen LogP contribution is 2.19. The Bertz CT molecular complexity index is 468. The smallest absolute Gasteiger partial charge is 0.274 e. The second kappa shape index (κ2) is 8.05. The van der Waals surface area contributed by atoms with Gasteiger partial charge in [0.05, 0.1) is 4.92 Å². The van der Waals surface area contributed by atoms with Crippen molar-refractivity contribution in [2.24, 2.45) is 5.92 Å². The molecule has 0 amide bonds. The highest BCUT2D eigenvalue weighted by molar-refractivity contribution is 5.40. The van der Waals surface area contributed by atoms with Gasteiger partial charge in [-0.2, -0.15) is 0 Å². The number of likely N-dealkylation sites (N-methyl/N-ethyl adjacent to an activating group) is 1. The van der Waals surface area contributed by atoms with Gasteiger partial charge in [-0.25, -0.2) is 4.39 Å². The van der Waals surface area contributed by atoms with Gasteiger partial charge in [0.15, 0.2) is 0 Å². The molecule has 1 aromatic carbocycles. The maximum absolute atomic E-state index is 13.3. The van der Waals surface area contributed by atoms with Gasteiger partial charge in [0.25, 0.3) is 5.69 Å². The van der Waals surface area contributed by atoms with Crippen molar-refractivity contribution >= 4 is 5.69 Å². The third-order valence-corrected chi connectivity index (χ3v) is 3.16. The van der Waals surface area contributed by atoms with Crippen LogP contribution in [0.1, 0.15) is 25.8 Å². The summed E-state index contributed by atoms with van der Waals surface area (Å²) >= 11 is 0. The zero-order chi connectivity index (χ0) is 16.0. The molecule has 0 fully saturated rings. The summed E-state index contributed by atoms with van der Waals surface area (Å²) in [5, 5.41) is 14.3. The molecule has 0 spiro atoms. The lowest BCUT2D eigenvalue weighted by atomic mass is 10.0. The van der Waals surface area contributed by atoms with E-state index in [1.54, 1.807) is 0 Å². The Morgan fingerprint density at radius 2 is 2.05 bits per heavy atom. The van der Waals surface area contributed by atoms with Crippen LogP contribution in [0.25, 0.3) is 0 Å². The number of hydrogen-bond acceptors (Lipinski definition) is 4. The van der Waals surface area contributed by atoms with E-state index in [2.05, 4.69) is 24.1 Å². The fourth-order valence-corrected chi connectivity index (χ4v) is 2.36. The number of nitro benzene ring substituents is 1. The van der Waals surface area contributed by atoms with Crippen molar-refractivity contribution in [2.75, 3.05) is 20.6 Å². The van der Waals surface area contributed by atoms with Gasteiger partial charge >= 0.3 is 0 Å². The molecule has 0 bridgehead atoms. The van der Waals surface area contributed by atoms with Crippen LogP contribution in [0.5, 0.6) is 0 Å². The van der Waals surface area contributed by atoms with Crippen molar-refractivity contribution in [2.45, 2.75) is 32.9 Å². The third-order valence-electron chi connectivity index (χ3n) is 3.16. The van der Waals surface area contributed by atoms with Crippen LogP contribution in [-0.4, -0.2) is 36.5 Å². The predicted molar refractivity (Wildman–Crippen MR) is 81.7 cm³/mol. The lowest BCUT2D eigenvalue weighted by Crippen LogP contribution is -2.38. The van der Waals surface area contributed by atoms with E-state index >= 15 is 0 Å². The van der Waals surface area contributed by atoms with Gasteiger partial charge in [0.1, 0.15) is 5.82 Å². The summed E-state index contributed by atoms with van der Waals surface area (Å²) in [4.78, 5) is 12.6. The standard InChI is InChI=1S/C15H24FN3O2/c1-11(2)7-14(10-18(3)4)17-9-12-8-13(16)5-6-15(12)19(20)21/h5-6,8,11,14,17H,7,9-10H2,1-4H3. The van der Waals surface area contributed by atoms with Gasteiger partial charge in [-0.1, -0.05) is 13.8 Å². The number of halogens is 1. The van der Waals surface area contributed by atoms with Crippen molar-refractivity contribution < 1.29 is 9.31 Å². The zero-order valence-corrected chi connectivity index (χ0v) is 13.1.